The maximum Gasteiger partial charge on any atom is 0.167 e. The minimum absolute atomic E-state index is 0.000176. The van der Waals surface area contributed by atoms with Gasteiger partial charge in [0.1, 0.15) is 5.75 Å². The van der Waals surface area contributed by atoms with Gasteiger partial charge in [0.2, 0.25) is 0 Å². The quantitative estimate of drug-likeness (QED) is 0.814. The largest absolute Gasteiger partial charge is 0.454 e. The van der Waals surface area contributed by atoms with E-state index in [9.17, 15) is 4.39 Å². The Labute approximate surface area is 129 Å². The second-order valence-electron chi connectivity index (χ2n) is 4.95. The maximum atomic E-state index is 14.2. The van der Waals surface area contributed by atoms with E-state index in [1.165, 1.54) is 6.07 Å². The molecular formula is C17H19ClFNO. The maximum absolute atomic E-state index is 14.2. The average molecular weight is 308 g/mol. The minimum atomic E-state index is -0.378. The van der Waals surface area contributed by atoms with Gasteiger partial charge in [0.25, 0.3) is 0 Å². The normalized spacial score (nSPS) is 12.2. The molecule has 0 bridgehead atoms. The third-order valence-electron chi connectivity index (χ3n) is 3.34. The molecule has 2 aromatic carbocycles. The molecule has 0 amide bonds. The van der Waals surface area contributed by atoms with Crippen LogP contribution in [0, 0.1) is 12.7 Å². The van der Waals surface area contributed by atoms with Crippen LogP contribution >= 0.6 is 11.6 Å². The number of rotatable bonds is 5. The van der Waals surface area contributed by atoms with Gasteiger partial charge in [-0.05, 0) is 44.2 Å². The van der Waals surface area contributed by atoms with Crippen molar-refractivity contribution in [2.75, 3.05) is 6.54 Å². The number of aryl methyl sites for hydroxylation is 1. The Morgan fingerprint density at radius 3 is 2.76 bits per heavy atom. The second kappa shape index (κ2) is 6.92. The number of benzene rings is 2. The number of hydrogen-bond donors (Lipinski definition) is 1. The van der Waals surface area contributed by atoms with Crippen molar-refractivity contribution in [3.8, 4) is 11.5 Å². The molecule has 0 heterocycles. The van der Waals surface area contributed by atoms with Crippen LogP contribution in [0.15, 0.2) is 36.4 Å². The minimum Gasteiger partial charge on any atom is -0.454 e. The van der Waals surface area contributed by atoms with Crippen molar-refractivity contribution < 1.29 is 9.13 Å². The summed E-state index contributed by atoms with van der Waals surface area (Å²) in [7, 11) is 0. The summed E-state index contributed by atoms with van der Waals surface area (Å²) in [6, 6.07) is 10.3. The van der Waals surface area contributed by atoms with Crippen molar-refractivity contribution in [1.82, 2.24) is 5.32 Å². The molecule has 0 saturated carbocycles. The lowest BCUT2D eigenvalue weighted by atomic mass is 10.1. The number of ether oxygens (including phenoxy) is 1. The van der Waals surface area contributed by atoms with Crippen molar-refractivity contribution >= 4 is 11.6 Å². The Bertz CT molecular complexity index is 630. The number of para-hydroxylation sites is 1. The molecule has 1 unspecified atom stereocenters. The van der Waals surface area contributed by atoms with Crippen LogP contribution in [0.4, 0.5) is 4.39 Å². The Balaban J connectivity index is 2.41. The highest BCUT2D eigenvalue weighted by atomic mass is 35.5. The molecule has 0 aliphatic carbocycles. The zero-order valence-electron chi connectivity index (χ0n) is 12.4. The summed E-state index contributed by atoms with van der Waals surface area (Å²) in [5.41, 5.74) is 1.70. The van der Waals surface area contributed by atoms with E-state index in [0.717, 1.165) is 17.7 Å². The number of nitrogens with one attached hydrogen (secondary N) is 1. The summed E-state index contributed by atoms with van der Waals surface area (Å²) in [6.45, 7) is 6.70. The lowest BCUT2D eigenvalue weighted by Crippen LogP contribution is -2.18. The van der Waals surface area contributed by atoms with Crippen LogP contribution < -0.4 is 10.1 Å². The van der Waals surface area contributed by atoms with Crippen LogP contribution in [0.3, 0.4) is 0 Å². The molecule has 0 spiro atoms. The summed E-state index contributed by atoms with van der Waals surface area (Å²) in [5, 5.41) is 3.83. The van der Waals surface area contributed by atoms with E-state index in [1.54, 1.807) is 18.2 Å². The second-order valence-corrected chi connectivity index (χ2v) is 5.39. The first-order valence-corrected chi connectivity index (χ1v) is 7.36. The van der Waals surface area contributed by atoms with E-state index in [0.29, 0.717) is 10.8 Å². The lowest BCUT2D eigenvalue weighted by molar-refractivity contribution is 0.424. The molecule has 0 aliphatic heterocycles. The Kier molecular flexibility index (Phi) is 5.21. The molecule has 4 heteroatoms. The van der Waals surface area contributed by atoms with Gasteiger partial charge >= 0.3 is 0 Å². The molecule has 0 fully saturated rings. The van der Waals surface area contributed by atoms with Gasteiger partial charge in [-0.15, -0.1) is 0 Å². The molecule has 1 atom stereocenters. The highest BCUT2D eigenvalue weighted by Crippen LogP contribution is 2.34. The van der Waals surface area contributed by atoms with Gasteiger partial charge < -0.3 is 10.1 Å². The van der Waals surface area contributed by atoms with Crippen LogP contribution in [0.5, 0.6) is 11.5 Å². The first-order chi connectivity index (χ1) is 10.0. The van der Waals surface area contributed by atoms with E-state index >= 15 is 0 Å². The summed E-state index contributed by atoms with van der Waals surface area (Å²) in [6.07, 6.45) is 0. The van der Waals surface area contributed by atoms with Crippen LogP contribution in [0.25, 0.3) is 0 Å². The van der Waals surface area contributed by atoms with E-state index in [-0.39, 0.29) is 17.6 Å². The van der Waals surface area contributed by atoms with Gasteiger partial charge in [0, 0.05) is 16.6 Å². The van der Waals surface area contributed by atoms with Gasteiger partial charge in [-0.2, -0.15) is 0 Å². The molecular weight excluding hydrogens is 289 g/mol. The molecule has 2 aromatic rings. The van der Waals surface area contributed by atoms with E-state index in [2.05, 4.69) is 5.32 Å². The van der Waals surface area contributed by atoms with Crippen LogP contribution in [0.2, 0.25) is 5.02 Å². The highest BCUT2D eigenvalue weighted by molar-refractivity contribution is 6.30. The van der Waals surface area contributed by atoms with Gasteiger partial charge in [0.05, 0.1) is 0 Å². The predicted molar refractivity (Wildman–Crippen MR) is 84.8 cm³/mol. The lowest BCUT2D eigenvalue weighted by Gasteiger charge is -2.19. The predicted octanol–water partition coefficient (Wildman–Crippen LogP) is 5.25. The van der Waals surface area contributed by atoms with Crippen molar-refractivity contribution in [1.29, 1.82) is 0 Å². The molecule has 0 saturated heterocycles. The molecule has 112 valence electrons. The number of hydrogen-bond acceptors (Lipinski definition) is 2. The van der Waals surface area contributed by atoms with Gasteiger partial charge in [-0.1, -0.05) is 36.7 Å². The molecule has 0 aromatic heterocycles. The summed E-state index contributed by atoms with van der Waals surface area (Å²) >= 11 is 5.99. The molecule has 2 rings (SSSR count). The first kappa shape index (κ1) is 15.8. The third kappa shape index (κ3) is 3.74. The SMILES string of the molecule is CCNC(C)c1cccc(F)c1Oc1cc(Cl)ccc1C. The standard InChI is InChI=1S/C17H19ClFNO/c1-4-20-12(3)14-6-5-7-15(19)17(14)21-16-10-13(18)9-8-11(16)2/h5-10,12,20H,4H2,1-3H3. The summed E-state index contributed by atoms with van der Waals surface area (Å²) in [5.74, 6) is 0.436. The molecule has 2 nitrogen and oxygen atoms in total. The Morgan fingerprint density at radius 2 is 2.05 bits per heavy atom. The third-order valence-corrected chi connectivity index (χ3v) is 3.57. The topological polar surface area (TPSA) is 21.3 Å². The monoisotopic (exact) mass is 307 g/mol. The highest BCUT2D eigenvalue weighted by Gasteiger charge is 2.16. The van der Waals surface area contributed by atoms with Crippen molar-refractivity contribution in [3.05, 3.63) is 58.4 Å². The van der Waals surface area contributed by atoms with Crippen molar-refractivity contribution in [2.24, 2.45) is 0 Å². The van der Waals surface area contributed by atoms with Gasteiger partial charge in [-0.25, -0.2) is 4.39 Å². The average Bonchev–Trinajstić information content (AvgIpc) is 2.45. The Hall–Kier alpha value is -1.58. The zero-order chi connectivity index (χ0) is 15.4. The van der Waals surface area contributed by atoms with E-state index in [4.69, 9.17) is 16.3 Å². The van der Waals surface area contributed by atoms with Crippen LogP contribution in [0.1, 0.15) is 31.0 Å². The van der Waals surface area contributed by atoms with E-state index < -0.39 is 0 Å². The molecule has 0 radical (unpaired) electrons. The Morgan fingerprint density at radius 1 is 1.29 bits per heavy atom. The fourth-order valence-electron chi connectivity index (χ4n) is 2.18. The van der Waals surface area contributed by atoms with E-state index in [1.807, 2.05) is 32.9 Å². The molecule has 0 aliphatic rings. The van der Waals surface area contributed by atoms with Crippen molar-refractivity contribution in [2.45, 2.75) is 26.8 Å². The molecule has 1 N–H and O–H groups in total. The number of halogens is 2. The smallest absolute Gasteiger partial charge is 0.167 e. The summed E-state index contributed by atoms with van der Waals surface area (Å²) < 4.78 is 20.0. The van der Waals surface area contributed by atoms with Crippen molar-refractivity contribution in [3.63, 3.8) is 0 Å². The fraction of sp³-hybridized carbons (Fsp3) is 0.294. The first-order valence-electron chi connectivity index (χ1n) is 6.98. The van der Waals surface area contributed by atoms with Crippen LogP contribution in [-0.4, -0.2) is 6.54 Å². The van der Waals surface area contributed by atoms with Crippen LogP contribution in [-0.2, 0) is 0 Å². The molecule has 21 heavy (non-hydrogen) atoms. The van der Waals surface area contributed by atoms with Gasteiger partial charge in [0.15, 0.2) is 11.6 Å². The fourth-order valence-corrected chi connectivity index (χ4v) is 2.35. The zero-order valence-corrected chi connectivity index (χ0v) is 13.2. The summed E-state index contributed by atoms with van der Waals surface area (Å²) in [4.78, 5) is 0. The van der Waals surface area contributed by atoms with Gasteiger partial charge in [-0.3, -0.25) is 0 Å².